The Kier molecular flexibility index (Phi) is 3.38. The predicted molar refractivity (Wildman–Crippen MR) is 82.4 cm³/mol. The van der Waals surface area contributed by atoms with Crippen molar-refractivity contribution >= 4 is 16.5 Å². The van der Waals surface area contributed by atoms with Gasteiger partial charge in [-0.25, -0.2) is 4.39 Å². The van der Waals surface area contributed by atoms with Crippen molar-refractivity contribution in [3.63, 3.8) is 0 Å². The van der Waals surface area contributed by atoms with E-state index in [9.17, 15) is 4.39 Å². The zero-order chi connectivity index (χ0) is 13.9. The molecule has 0 fully saturated rings. The minimum atomic E-state index is -0.203. The largest absolute Gasteiger partial charge is 0.379 e. The molecule has 0 aliphatic heterocycles. The highest BCUT2D eigenvalue weighted by molar-refractivity contribution is 5.85. The van der Waals surface area contributed by atoms with Crippen molar-refractivity contribution in [2.75, 3.05) is 5.32 Å². The van der Waals surface area contributed by atoms with Gasteiger partial charge in [0, 0.05) is 6.54 Å². The van der Waals surface area contributed by atoms with E-state index in [2.05, 4.69) is 29.6 Å². The molecule has 3 aromatic rings. The van der Waals surface area contributed by atoms with Crippen molar-refractivity contribution < 1.29 is 4.39 Å². The summed E-state index contributed by atoms with van der Waals surface area (Å²) in [5.74, 6) is -0.203. The monoisotopic (exact) mass is 265 g/mol. The van der Waals surface area contributed by atoms with Crippen LogP contribution in [0.3, 0.4) is 0 Å². The number of benzene rings is 3. The lowest BCUT2D eigenvalue weighted by molar-refractivity contribution is 0.629. The van der Waals surface area contributed by atoms with Crippen LogP contribution in [0.5, 0.6) is 0 Å². The van der Waals surface area contributed by atoms with Crippen LogP contribution in [0.2, 0.25) is 0 Å². The van der Waals surface area contributed by atoms with E-state index in [1.54, 1.807) is 12.1 Å². The van der Waals surface area contributed by atoms with E-state index in [-0.39, 0.29) is 5.82 Å². The third-order valence-electron chi connectivity index (χ3n) is 3.47. The van der Waals surface area contributed by atoms with Gasteiger partial charge < -0.3 is 5.32 Å². The fourth-order valence-electron chi connectivity index (χ4n) is 2.40. The Balaban J connectivity index is 1.87. The first-order chi connectivity index (χ1) is 9.74. The lowest BCUT2D eigenvalue weighted by Crippen LogP contribution is -2.02. The van der Waals surface area contributed by atoms with Gasteiger partial charge in [0.25, 0.3) is 0 Å². The third-order valence-corrected chi connectivity index (χ3v) is 3.47. The van der Waals surface area contributed by atoms with Crippen LogP contribution in [-0.4, -0.2) is 0 Å². The molecule has 0 aliphatic rings. The second-order valence-corrected chi connectivity index (χ2v) is 4.98. The van der Waals surface area contributed by atoms with Crippen molar-refractivity contribution in [1.82, 2.24) is 0 Å². The molecule has 0 radical (unpaired) electrons. The van der Waals surface area contributed by atoms with Gasteiger partial charge in [0.05, 0.1) is 5.69 Å². The van der Waals surface area contributed by atoms with Crippen LogP contribution in [0.4, 0.5) is 10.1 Å². The maximum atomic E-state index is 13.8. The lowest BCUT2D eigenvalue weighted by atomic mass is 10.0. The molecule has 0 saturated heterocycles. The van der Waals surface area contributed by atoms with E-state index >= 15 is 0 Å². The number of aryl methyl sites for hydroxylation is 1. The van der Waals surface area contributed by atoms with Crippen LogP contribution in [0, 0.1) is 12.7 Å². The van der Waals surface area contributed by atoms with Crippen LogP contribution in [0.15, 0.2) is 60.7 Å². The lowest BCUT2D eigenvalue weighted by Gasteiger charge is -2.10. The third kappa shape index (κ3) is 2.50. The standard InChI is InChI=1S/C18H16FN/c1-13-9-10-18(17(19)11-13)20-12-15-7-4-6-14-5-2-3-8-16(14)15/h2-11,20H,12H2,1H3. The summed E-state index contributed by atoms with van der Waals surface area (Å²) in [5.41, 5.74) is 2.64. The Morgan fingerprint density at radius 1 is 0.950 bits per heavy atom. The minimum Gasteiger partial charge on any atom is -0.379 e. The molecule has 1 N–H and O–H groups in total. The topological polar surface area (TPSA) is 12.0 Å². The number of nitrogens with one attached hydrogen (secondary N) is 1. The number of hydrogen-bond acceptors (Lipinski definition) is 1. The molecular weight excluding hydrogens is 249 g/mol. The summed E-state index contributed by atoms with van der Waals surface area (Å²) in [7, 11) is 0. The average molecular weight is 265 g/mol. The highest BCUT2D eigenvalue weighted by Gasteiger charge is 2.03. The molecule has 0 aliphatic carbocycles. The van der Waals surface area contributed by atoms with Gasteiger partial charge in [0.1, 0.15) is 5.82 Å². The van der Waals surface area contributed by atoms with Crippen molar-refractivity contribution in [1.29, 1.82) is 0 Å². The molecule has 3 rings (SSSR count). The molecule has 2 heteroatoms. The first kappa shape index (κ1) is 12.7. The zero-order valence-electron chi connectivity index (χ0n) is 11.4. The van der Waals surface area contributed by atoms with E-state index in [1.165, 1.54) is 16.3 Å². The Morgan fingerprint density at radius 2 is 1.75 bits per heavy atom. The van der Waals surface area contributed by atoms with Crippen LogP contribution in [0.25, 0.3) is 10.8 Å². The summed E-state index contributed by atoms with van der Waals surface area (Å²) < 4.78 is 13.8. The molecule has 0 saturated carbocycles. The van der Waals surface area contributed by atoms with Gasteiger partial charge in [-0.3, -0.25) is 0 Å². The van der Waals surface area contributed by atoms with Crippen LogP contribution in [-0.2, 0) is 6.54 Å². The first-order valence-electron chi connectivity index (χ1n) is 6.71. The summed E-state index contributed by atoms with van der Waals surface area (Å²) in [6.07, 6.45) is 0. The van der Waals surface area contributed by atoms with E-state index in [0.717, 1.165) is 5.56 Å². The Hall–Kier alpha value is -2.35. The van der Waals surface area contributed by atoms with Crippen LogP contribution in [0.1, 0.15) is 11.1 Å². The second kappa shape index (κ2) is 5.33. The highest BCUT2D eigenvalue weighted by Crippen LogP contribution is 2.21. The number of anilines is 1. The van der Waals surface area contributed by atoms with E-state index in [1.807, 2.05) is 31.2 Å². The number of halogens is 1. The minimum absolute atomic E-state index is 0.203. The molecule has 0 atom stereocenters. The van der Waals surface area contributed by atoms with Crippen LogP contribution >= 0.6 is 0 Å². The van der Waals surface area contributed by atoms with Crippen molar-refractivity contribution in [3.05, 3.63) is 77.6 Å². The van der Waals surface area contributed by atoms with Crippen molar-refractivity contribution in [2.45, 2.75) is 13.5 Å². The Bertz CT molecular complexity index is 744. The van der Waals surface area contributed by atoms with Gasteiger partial charge in [0.2, 0.25) is 0 Å². The smallest absolute Gasteiger partial charge is 0.146 e. The molecule has 0 amide bonds. The molecule has 0 spiro atoms. The fourth-order valence-corrected chi connectivity index (χ4v) is 2.40. The molecule has 20 heavy (non-hydrogen) atoms. The Morgan fingerprint density at radius 3 is 2.60 bits per heavy atom. The number of fused-ring (bicyclic) bond motifs is 1. The Labute approximate surface area is 118 Å². The fraction of sp³-hybridized carbons (Fsp3) is 0.111. The van der Waals surface area contributed by atoms with Gasteiger partial charge in [-0.15, -0.1) is 0 Å². The van der Waals surface area contributed by atoms with E-state index in [0.29, 0.717) is 12.2 Å². The van der Waals surface area contributed by atoms with E-state index in [4.69, 9.17) is 0 Å². The van der Waals surface area contributed by atoms with Crippen LogP contribution < -0.4 is 5.32 Å². The summed E-state index contributed by atoms with van der Waals surface area (Å²) in [4.78, 5) is 0. The first-order valence-corrected chi connectivity index (χ1v) is 6.71. The number of rotatable bonds is 3. The summed E-state index contributed by atoms with van der Waals surface area (Å²) in [5, 5.41) is 5.58. The maximum absolute atomic E-state index is 13.8. The predicted octanol–water partition coefficient (Wildman–Crippen LogP) is 4.90. The number of hydrogen-bond donors (Lipinski definition) is 1. The summed E-state index contributed by atoms with van der Waals surface area (Å²) in [6.45, 7) is 2.50. The molecule has 1 nitrogen and oxygen atoms in total. The van der Waals surface area contributed by atoms with Gasteiger partial charge in [0.15, 0.2) is 0 Å². The average Bonchev–Trinajstić information content (AvgIpc) is 2.46. The van der Waals surface area contributed by atoms with Crippen molar-refractivity contribution in [2.24, 2.45) is 0 Å². The zero-order valence-corrected chi connectivity index (χ0v) is 11.4. The maximum Gasteiger partial charge on any atom is 0.146 e. The molecule has 100 valence electrons. The molecule has 0 heterocycles. The van der Waals surface area contributed by atoms with E-state index < -0.39 is 0 Å². The van der Waals surface area contributed by atoms with Crippen molar-refractivity contribution in [3.8, 4) is 0 Å². The van der Waals surface area contributed by atoms with Gasteiger partial charge in [-0.2, -0.15) is 0 Å². The van der Waals surface area contributed by atoms with Gasteiger partial charge >= 0.3 is 0 Å². The normalized spacial score (nSPS) is 10.7. The molecule has 0 aromatic heterocycles. The molecular formula is C18H16FN. The second-order valence-electron chi connectivity index (χ2n) is 4.98. The highest BCUT2D eigenvalue weighted by atomic mass is 19.1. The molecule has 3 aromatic carbocycles. The quantitative estimate of drug-likeness (QED) is 0.710. The summed E-state index contributed by atoms with van der Waals surface area (Å²) in [6, 6.07) is 19.7. The molecule has 0 bridgehead atoms. The van der Waals surface area contributed by atoms with Gasteiger partial charge in [-0.05, 0) is 41.0 Å². The molecule has 0 unspecified atom stereocenters. The van der Waals surface area contributed by atoms with Gasteiger partial charge in [-0.1, -0.05) is 48.5 Å². The summed E-state index contributed by atoms with van der Waals surface area (Å²) >= 11 is 0. The SMILES string of the molecule is Cc1ccc(NCc2cccc3ccccc23)c(F)c1.